The maximum atomic E-state index is 14.4. The summed E-state index contributed by atoms with van der Waals surface area (Å²) in [4.78, 5) is 14.4. The fraction of sp³-hybridized carbons (Fsp3) is 0.250. The van der Waals surface area contributed by atoms with Gasteiger partial charge in [-0.2, -0.15) is 0 Å². The van der Waals surface area contributed by atoms with Crippen LogP contribution in [0.25, 0.3) is 5.57 Å². The molecule has 0 aromatic heterocycles. The number of ketones is 1. The van der Waals surface area contributed by atoms with Crippen LogP contribution in [0.2, 0.25) is 39.3 Å². The second-order valence-electron chi connectivity index (χ2n) is 10.6. The molecule has 1 aliphatic rings. The van der Waals surface area contributed by atoms with Gasteiger partial charge in [0.25, 0.3) is 0 Å². The highest BCUT2D eigenvalue weighted by molar-refractivity contribution is 6.90. The second kappa shape index (κ2) is 8.02. The summed E-state index contributed by atoms with van der Waals surface area (Å²) in [6.45, 7) is 14.4. The molecule has 3 aromatic rings. The first-order valence-corrected chi connectivity index (χ1v) is 18.3. The fourth-order valence-electron chi connectivity index (χ4n) is 5.44. The van der Waals surface area contributed by atoms with Crippen LogP contribution >= 0.6 is 0 Å². The molecule has 3 aromatic carbocycles. The number of allylic oxidation sites excluding steroid dienone is 2. The maximum absolute atomic E-state index is 14.4. The zero-order valence-corrected chi connectivity index (χ0v) is 22.0. The van der Waals surface area contributed by atoms with E-state index < -0.39 is 21.9 Å². The average Bonchev–Trinajstić information content (AvgIpc) is 2.74. The summed E-state index contributed by atoms with van der Waals surface area (Å²) in [5, 5.41) is 0. The van der Waals surface area contributed by atoms with Gasteiger partial charge in [0.2, 0.25) is 0 Å². The van der Waals surface area contributed by atoms with Crippen molar-refractivity contribution in [2.75, 3.05) is 0 Å². The lowest BCUT2D eigenvalue weighted by atomic mass is 9.57. The summed E-state index contributed by atoms with van der Waals surface area (Å²) in [7, 11) is -3.66. The van der Waals surface area contributed by atoms with Crippen molar-refractivity contribution in [1.29, 1.82) is 0 Å². The normalized spacial score (nSPS) is 16.0. The Bertz CT molecular complexity index is 1090. The third kappa shape index (κ3) is 3.52. The van der Waals surface area contributed by atoms with Gasteiger partial charge < -0.3 is 4.23 Å². The fourth-order valence-corrected chi connectivity index (χ4v) is 15.4. The summed E-state index contributed by atoms with van der Waals surface area (Å²) >= 11 is 0. The van der Waals surface area contributed by atoms with Gasteiger partial charge in [0.15, 0.2) is 5.78 Å². The van der Waals surface area contributed by atoms with Crippen molar-refractivity contribution in [2.24, 2.45) is 0 Å². The Morgan fingerprint density at radius 2 is 0.969 bits per heavy atom. The zero-order valence-electron chi connectivity index (χ0n) is 20.0. The Hall–Kier alpha value is -2.70. The van der Waals surface area contributed by atoms with Crippen LogP contribution in [0.5, 0.6) is 0 Å². The van der Waals surface area contributed by atoms with Crippen LogP contribution in [0.1, 0.15) is 16.7 Å². The van der Waals surface area contributed by atoms with Crippen LogP contribution < -0.4 is 0 Å². The summed E-state index contributed by atoms with van der Waals surface area (Å²) < 4.78 is 2.74. The Balaban J connectivity index is 2.15. The Kier molecular flexibility index (Phi) is 5.64. The first-order valence-electron chi connectivity index (χ1n) is 11.4. The van der Waals surface area contributed by atoms with E-state index in [4.69, 9.17) is 0 Å². The maximum Gasteiger partial charge on any atom is 0.186 e. The number of hydrogen-bond acceptors (Lipinski definition) is 2. The van der Waals surface area contributed by atoms with Crippen LogP contribution in [-0.2, 0) is 10.2 Å². The lowest BCUT2D eigenvalue weighted by Gasteiger charge is -2.58. The predicted octanol–water partition coefficient (Wildman–Crippen LogP) is 6.94. The molecular formula is C28H33NOSi2. The second-order valence-corrected chi connectivity index (χ2v) is 20.6. The van der Waals surface area contributed by atoms with Crippen molar-refractivity contribution in [2.45, 2.75) is 44.7 Å². The van der Waals surface area contributed by atoms with Crippen molar-refractivity contribution in [3.63, 3.8) is 0 Å². The molecule has 2 nitrogen and oxygen atoms in total. The topological polar surface area (TPSA) is 20.3 Å². The summed E-state index contributed by atoms with van der Waals surface area (Å²) in [6, 6.07) is 31.0. The van der Waals surface area contributed by atoms with Crippen molar-refractivity contribution < 1.29 is 4.79 Å². The molecule has 0 bridgehead atoms. The molecule has 4 heteroatoms. The standard InChI is InChI=1S/C28H33NOSi2/c1-31(2,3)29(32(4,5)6)26-25(22-16-10-7-11-17-22)27(30)28(26,23-18-12-8-13-19-23)24-20-14-9-15-21-24/h7-21H,1-6H3. The molecule has 0 heterocycles. The van der Waals surface area contributed by atoms with Gasteiger partial charge in [-0.25, -0.2) is 0 Å². The number of Topliss-reactive ketones (excluding diaryl/α,β-unsaturated/α-hetero) is 1. The minimum Gasteiger partial charge on any atom is -0.426 e. The third-order valence-corrected chi connectivity index (χ3v) is 13.4. The SMILES string of the molecule is C[Si](C)(C)N(C1=C(c2ccccc2)C(=O)C1(c1ccccc1)c1ccccc1)[Si](C)(C)C. The monoisotopic (exact) mass is 455 g/mol. The van der Waals surface area contributed by atoms with Gasteiger partial charge in [-0.3, -0.25) is 4.79 Å². The Morgan fingerprint density at radius 3 is 1.34 bits per heavy atom. The van der Waals surface area contributed by atoms with Gasteiger partial charge in [0, 0.05) is 11.3 Å². The smallest absolute Gasteiger partial charge is 0.186 e. The van der Waals surface area contributed by atoms with E-state index in [1.54, 1.807) is 0 Å². The molecule has 0 saturated heterocycles. The van der Waals surface area contributed by atoms with Crippen LogP contribution in [-0.4, -0.2) is 26.5 Å². The molecule has 0 saturated carbocycles. The van der Waals surface area contributed by atoms with Crippen molar-refractivity contribution in [3.05, 3.63) is 113 Å². The minimum atomic E-state index is -1.83. The summed E-state index contributed by atoms with van der Waals surface area (Å²) in [6.07, 6.45) is 0. The van der Waals surface area contributed by atoms with E-state index in [1.807, 2.05) is 30.3 Å². The van der Waals surface area contributed by atoms with Gasteiger partial charge >= 0.3 is 0 Å². The Morgan fingerprint density at radius 1 is 0.594 bits per heavy atom. The number of carbonyl (C=O) groups excluding carboxylic acids is 1. The van der Waals surface area contributed by atoms with E-state index in [1.165, 1.54) is 5.70 Å². The summed E-state index contributed by atoms with van der Waals surface area (Å²) in [5.41, 5.74) is 4.48. The number of carbonyl (C=O) groups is 1. The quantitative estimate of drug-likeness (QED) is 0.375. The molecule has 0 radical (unpaired) electrons. The molecule has 0 unspecified atom stereocenters. The third-order valence-electron chi connectivity index (χ3n) is 6.20. The molecule has 0 atom stereocenters. The highest BCUT2D eigenvalue weighted by Gasteiger charge is 2.60. The van der Waals surface area contributed by atoms with E-state index in [9.17, 15) is 4.79 Å². The number of hydrogen-bond donors (Lipinski definition) is 0. The molecular weight excluding hydrogens is 422 g/mol. The molecule has 32 heavy (non-hydrogen) atoms. The van der Waals surface area contributed by atoms with E-state index in [0.29, 0.717) is 0 Å². The van der Waals surface area contributed by atoms with E-state index in [-0.39, 0.29) is 5.78 Å². The molecule has 164 valence electrons. The van der Waals surface area contributed by atoms with Crippen molar-refractivity contribution >= 4 is 27.8 Å². The van der Waals surface area contributed by atoms with E-state index in [2.05, 4.69) is 104 Å². The predicted molar refractivity (Wildman–Crippen MR) is 141 cm³/mol. The average molecular weight is 456 g/mol. The van der Waals surface area contributed by atoms with Crippen LogP contribution in [0, 0.1) is 0 Å². The lowest BCUT2D eigenvalue weighted by Crippen LogP contribution is -2.66. The van der Waals surface area contributed by atoms with Gasteiger partial charge in [-0.05, 0) is 16.7 Å². The minimum absolute atomic E-state index is 0.206. The number of benzene rings is 3. The van der Waals surface area contributed by atoms with E-state index >= 15 is 0 Å². The summed E-state index contributed by atoms with van der Waals surface area (Å²) in [5.74, 6) is 0.206. The van der Waals surface area contributed by atoms with Crippen LogP contribution in [0.4, 0.5) is 0 Å². The van der Waals surface area contributed by atoms with Crippen molar-refractivity contribution in [1.82, 2.24) is 4.23 Å². The molecule has 0 spiro atoms. The molecule has 1 aliphatic carbocycles. The molecule has 0 amide bonds. The molecule has 0 fully saturated rings. The highest BCUT2D eigenvalue weighted by atomic mass is 28.4. The highest BCUT2D eigenvalue weighted by Crippen LogP contribution is 2.56. The lowest BCUT2D eigenvalue weighted by molar-refractivity contribution is -0.118. The van der Waals surface area contributed by atoms with Gasteiger partial charge in [0.05, 0.1) is 0 Å². The largest absolute Gasteiger partial charge is 0.426 e. The van der Waals surface area contributed by atoms with Crippen LogP contribution in [0.15, 0.2) is 96.7 Å². The zero-order chi connectivity index (χ0) is 23.1. The number of nitrogens with zero attached hydrogens (tertiary/aromatic N) is 1. The Labute approximate surface area is 194 Å². The first-order chi connectivity index (χ1) is 15.1. The van der Waals surface area contributed by atoms with Gasteiger partial charge in [0.1, 0.15) is 21.9 Å². The van der Waals surface area contributed by atoms with Gasteiger partial charge in [-0.1, -0.05) is 130 Å². The van der Waals surface area contributed by atoms with Gasteiger partial charge in [-0.15, -0.1) is 0 Å². The molecule has 0 aliphatic heterocycles. The number of rotatable bonds is 6. The molecule has 4 rings (SSSR count). The molecule has 0 N–H and O–H groups in total. The van der Waals surface area contributed by atoms with E-state index in [0.717, 1.165) is 22.3 Å². The first kappa shape index (κ1) is 22.5. The van der Waals surface area contributed by atoms with Crippen molar-refractivity contribution in [3.8, 4) is 0 Å². The van der Waals surface area contributed by atoms with Crippen LogP contribution in [0.3, 0.4) is 0 Å².